The molecule has 0 bridgehead atoms. The average molecular weight is 165 g/mol. The maximum Gasteiger partial charge on any atom is 0.124 e. The molecule has 1 aromatic heterocycles. The van der Waals surface area contributed by atoms with E-state index in [1.54, 1.807) is 0 Å². The highest BCUT2D eigenvalue weighted by Crippen LogP contribution is 2.17. The predicted octanol–water partition coefficient (Wildman–Crippen LogP) is 2.29. The van der Waals surface area contributed by atoms with Gasteiger partial charge < -0.3 is 9.73 Å². The van der Waals surface area contributed by atoms with E-state index in [2.05, 4.69) is 18.8 Å². The molecular weight excluding hydrogens is 150 g/mol. The molecule has 0 spiro atoms. The average Bonchev–Trinajstić information content (AvgIpc) is 2.55. The largest absolute Gasteiger partial charge is 0.464 e. The van der Waals surface area contributed by atoms with E-state index < -0.39 is 0 Å². The Hall–Kier alpha value is -1.02. The van der Waals surface area contributed by atoms with Crippen LogP contribution in [0.25, 0.3) is 0 Å². The highest BCUT2D eigenvalue weighted by atomic mass is 16.3. The molecule has 1 unspecified atom stereocenters. The summed E-state index contributed by atoms with van der Waals surface area (Å²) in [5, 5.41) is 3.09. The van der Waals surface area contributed by atoms with Crippen LogP contribution in [0.5, 0.6) is 0 Å². The van der Waals surface area contributed by atoms with Gasteiger partial charge in [0.05, 0.1) is 6.04 Å². The number of aryl methyl sites for hydroxylation is 1. The Balaban J connectivity index is 2.79. The minimum atomic E-state index is 0.130. The highest BCUT2D eigenvalue weighted by Gasteiger charge is 2.08. The van der Waals surface area contributed by atoms with Gasteiger partial charge in [-0.25, -0.2) is 0 Å². The molecular formula is C10H15NO. The van der Waals surface area contributed by atoms with Gasteiger partial charge in [-0.15, -0.1) is 6.58 Å². The summed E-state index contributed by atoms with van der Waals surface area (Å²) < 4.78 is 5.54. The summed E-state index contributed by atoms with van der Waals surface area (Å²) in [6.07, 6.45) is 2.77. The molecule has 0 saturated carbocycles. The van der Waals surface area contributed by atoms with Crippen molar-refractivity contribution in [2.24, 2.45) is 0 Å². The van der Waals surface area contributed by atoms with Crippen LogP contribution in [0.15, 0.2) is 29.2 Å². The zero-order valence-corrected chi connectivity index (χ0v) is 7.63. The Morgan fingerprint density at radius 3 is 2.83 bits per heavy atom. The number of furan rings is 1. The molecule has 1 aromatic rings. The Bertz CT molecular complexity index is 252. The molecule has 0 radical (unpaired) electrons. The zero-order valence-electron chi connectivity index (χ0n) is 7.63. The third-order valence-electron chi connectivity index (χ3n) is 1.88. The third kappa shape index (κ3) is 1.77. The summed E-state index contributed by atoms with van der Waals surface area (Å²) in [4.78, 5) is 0. The van der Waals surface area contributed by atoms with E-state index in [1.807, 2.05) is 25.3 Å². The smallest absolute Gasteiger partial charge is 0.124 e. The molecule has 1 rings (SSSR count). The summed E-state index contributed by atoms with van der Waals surface area (Å²) in [5.41, 5.74) is 0. The van der Waals surface area contributed by atoms with Crippen molar-refractivity contribution in [1.82, 2.24) is 5.32 Å². The van der Waals surface area contributed by atoms with Crippen molar-refractivity contribution >= 4 is 0 Å². The number of hydrogen-bond acceptors (Lipinski definition) is 2. The summed E-state index contributed by atoms with van der Waals surface area (Å²) in [6.45, 7) is 5.80. The zero-order chi connectivity index (χ0) is 8.97. The molecule has 0 aliphatic rings. The van der Waals surface area contributed by atoms with Crippen LogP contribution in [0.3, 0.4) is 0 Å². The first-order chi connectivity index (χ1) is 5.81. The van der Waals surface area contributed by atoms with Gasteiger partial charge in [-0.3, -0.25) is 0 Å². The molecule has 0 aliphatic heterocycles. The molecule has 12 heavy (non-hydrogen) atoms. The molecule has 1 N–H and O–H groups in total. The van der Waals surface area contributed by atoms with Crippen LogP contribution in [0.2, 0.25) is 0 Å². The maximum absolute atomic E-state index is 5.54. The van der Waals surface area contributed by atoms with Crippen molar-refractivity contribution in [3.8, 4) is 0 Å². The second kappa shape index (κ2) is 4.12. The van der Waals surface area contributed by atoms with E-state index in [1.165, 1.54) is 0 Å². The van der Waals surface area contributed by atoms with Crippen LogP contribution < -0.4 is 5.32 Å². The van der Waals surface area contributed by atoms with Gasteiger partial charge in [0.25, 0.3) is 0 Å². The van der Waals surface area contributed by atoms with Crippen LogP contribution in [0.4, 0.5) is 0 Å². The second-order valence-electron chi connectivity index (χ2n) is 2.66. The minimum Gasteiger partial charge on any atom is -0.464 e. The van der Waals surface area contributed by atoms with E-state index >= 15 is 0 Å². The molecule has 0 saturated heterocycles. The number of likely N-dealkylation sites (N-methyl/N-ethyl adjacent to an activating group) is 1. The monoisotopic (exact) mass is 165 g/mol. The van der Waals surface area contributed by atoms with Gasteiger partial charge in [-0.2, -0.15) is 0 Å². The van der Waals surface area contributed by atoms with Crippen molar-refractivity contribution in [2.75, 3.05) is 7.05 Å². The van der Waals surface area contributed by atoms with Crippen LogP contribution >= 0.6 is 0 Å². The normalized spacial score (nSPS) is 12.8. The number of hydrogen-bond donors (Lipinski definition) is 1. The third-order valence-corrected chi connectivity index (χ3v) is 1.88. The molecule has 1 atom stereocenters. The van der Waals surface area contributed by atoms with Gasteiger partial charge in [0.2, 0.25) is 0 Å². The summed E-state index contributed by atoms with van der Waals surface area (Å²) >= 11 is 0. The van der Waals surface area contributed by atoms with Crippen molar-refractivity contribution in [3.05, 3.63) is 36.3 Å². The van der Waals surface area contributed by atoms with Crippen molar-refractivity contribution in [1.29, 1.82) is 0 Å². The van der Waals surface area contributed by atoms with Crippen molar-refractivity contribution in [3.63, 3.8) is 0 Å². The molecule has 0 aliphatic carbocycles. The van der Waals surface area contributed by atoms with E-state index in [9.17, 15) is 0 Å². The topological polar surface area (TPSA) is 25.2 Å². The van der Waals surface area contributed by atoms with Gasteiger partial charge in [-0.1, -0.05) is 13.0 Å². The molecule has 0 fully saturated rings. The summed E-state index contributed by atoms with van der Waals surface area (Å²) in [7, 11) is 1.89. The molecule has 2 nitrogen and oxygen atoms in total. The van der Waals surface area contributed by atoms with Gasteiger partial charge in [0, 0.05) is 6.42 Å². The lowest BCUT2D eigenvalue weighted by Crippen LogP contribution is -2.12. The maximum atomic E-state index is 5.54. The number of rotatable bonds is 4. The SMILES string of the molecule is C=CC(NC)c1ccc(CC)o1. The fourth-order valence-corrected chi connectivity index (χ4v) is 1.13. The fraction of sp³-hybridized carbons (Fsp3) is 0.400. The summed E-state index contributed by atoms with van der Waals surface area (Å²) in [5.74, 6) is 1.96. The van der Waals surface area contributed by atoms with Crippen LogP contribution in [0.1, 0.15) is 24.5 Å². The summed E-state index contributed by atoms with van der Waals surface area (Å²) in [6, 6.07) is 4.12. The Labute approximate surface area is 73.3 Å². The number of nitrogens with one attached hydrogen (secondary N) is 1. The lowest BCUT2D eigenvalue weighted by atomic mass is 10.2. The van der Waals surface area contributed by atoms with E-state index in [4.69, 9.17) is 4.42 Å². The predicted molar refractivity (Wildman–Crippen MR) is 50.1 cm³/mol. The lowest BCUT2D eigenvalue weighted by Gasteiger charge is -2.06. The van der Waals surface area contributed by atoms with Crippen LogP contribution in [-0.4, -0.2) is 7.05 Å². The van der Waals surface area contributed by atoms with Crippen molar-refractivity contribution in [2.45, 2.75) is 19.4 Å². The quantitative estimate of drug-likeness (QED) is 0.692. The van der Waals surface area contributed by atoms with E-state index in [0.717, 1.165) is 17.9 Å². The molecule has 0 amide bonds. The Kier molecular flexibility index (Phi) is 3.11. The second-order valence-corrected chi connectivity index (χ2v) is 2.66. The molecule has 0 aromatic carbocycles. The fourth-order valence-electron chi connectivity index (χ4n) is 1.13. The Morgan fingerprint density at radius 1 is 1.67 bits per heavy atom. The minimum absolute atomic E-state index is 0.130. The van der Waals surface area contributed by atoms with Gasteiger partial charge in [0.1, 0.15) is 11.5 Å². The standard InChI is InChI=1S/C10H15NO/c1-4-8-6-7-10(12-8)9(5-2)11-3/h5-7,9,11H,2,4H2,1,3H3. The van der Waals surface area contributed by atoms with E-state index in [0.29, 0.717) is 0 Å². The van der Waals surface area contributed by atoms with Gasteiger partial charge >= 0.3 is 0 Å². The van der Waals surface area contributed by atoms with Crippen LogP contribution in [-0.2, 0) is 6.42 Å². The lowest BCUT2D eigenvalue weighted by molar-refractivity contribution is 0.439. The molecule has 1 heterocycles. The van der Waals surface area contributed by atoms with Crippen LogP contribution in [0, 0.1) is 0 Å². The molecule has 66 valence electrons. The first-order valence-electron chi connectivity index (χ1n) is 4.20. The highest BCUT2D eigenvalue weighted by molar-refractivity contribution is 5.14. The van der Waals surface area contributed by atoms with Gasteiger partial charge in [-0.05, 0) is 19.2 Å². The first kappa shape index (κ1) is 9.07. The molecule has 2 heteroatoms. The van der Waals surface area contributed by atoms with Gasteiger partial charge in [0.15, 0.2) is 0 Å². The van der Waals surface area contributed by atoms with Crippen molar-refractivity contribution < 1.29 is 4.42 Å². The first-order valence-corrected chi connectivity index (χ1v) is 4.20. The Morgan fingerprint density at radius 2 is 2.42 bits per heavy atom. The van der Waals surface area contributed by atoms with E-state index in [-0.39, 0.29) is 6.04 Å².